The van der Waals surface area contributed by atoms with Crippen LogP contribution in [-0.4, -0.2) is 17.0 Å². The largest absolute Gasteiger partial charge is 0.329 e. The van der Waals surface area contributed by atoms with Crippen molar-refractivity contribution in [1.82, 2.24) is 0 Å². The van der Waals surface area contributed by atoms with E-state index in [1.165, 1.54) is 25.0 Å². The van der Waals surface area contributed by atoms with Crippen LogP contribution in [-0.2, 0) is 0 Å². The predicted molar refractivity (Wildman–Crippen MR) is 52.9 cm³/mol. The SMILES string of the molecule is CCCSC1(CN)CC(C)C1. The maximum atomic E-state index is 5.75. The monoisotopic (exact) mass is 173 g/mol. The minimum absolute atomic E-state index is 0.482. The molecule has 0 bridgehead atoms. The molecule has 1 nitrogen and oxygen atoms in total. The van der Waals surface area contributed by atoms with Gasteiger partial charge in [0.2, 0.25) is 0 Å². The molecule has 0 atom stereocenters. The summed E-state index contributed by atoms with van der Waals surface area (Å²) in [5, 5.41) is 0. The molecule has 0 aromatic heterocycles. The van der Waals surface area contributed by atoms with E-state index >= 15 is 0 Å². The van der Waals surface area contributed by atoms with Gasteiger partial charge in [0.05, 0.1) is 0 Å². The van der Waals surface area contributed by atoms with E-state index in [1.807, 2.05) is 0 Å². The molecule has 66 valence electrons. The first-order chi connectivity index (χ1) is 5.22. The predicted octanol–water partition coefficient (Wildman–Crippen LogP) is 2.26. The number of rotatable bonds is 4. The first kappa shape index (κ1) is 9.40. The molecule has 2 heteroatoms. The van der Waals surface area contributed by atoms with Crippen molar-refractivity contribution in [2.24, 2.45) is 11.7 Å². The van der Waals surface area contributed by atoms with E-state index in [0.717, 1.165) is 12.5 Å². The molecule has 0 aromatic carbocycles. The van der Waals surface area contributed by atoms with Crippen LogP contribution in [0.15, 0.2) is 0 Å². The highest BCUT2D eigenvalue weighted by molar-refractivity contribution is 8.00. The second-order valence-electron chi connectivity index (χ2n) is 3.75. The third-order valence-corrected chi connectivity index (χ3v) is 4.15. The van der Waals surface area contributed by atoms with Gasteiger partial charge in [0, 0.05) is 11.3 Å². The van der Waals surface area contributed by atoms with Gasteiger partial charge in [0.15, 0.2) is 0 Å². The lowest BCUT2D eigenvalue weighted by atomic mass is 9.75. The highest BCUT2D eigenvalue weighted by atomic mass is 32.2. The highest BCUT2D eigenvalue weighted by Crippen LogP contribution is 2.47. The topological polar surface area (TPSA) is 26.0 Å². The summed E-state index contributed by atoms with van der Waals surface area (Å²) in [7, 11) is 0. The fraction of sp³-hybridized carbons (Fsp3) is 1.00. The third kappa shape index (κ3) is 2.12. The molecule has 1 rings (SSSR count). The molecule has 0 amide bonds. The third-order valence-electron chi connectivity index (χ3n) is 2.43. The Morgan fingerprint density at radius 1 is 1.55 bits per heavy atom. The molecule has 0 saturated heterocycles. The Bertz CT molecular complexity index is 119. The summed E-state index contributed by atoms with van der Waals surface area (Å²) in [5.74, 6) is 2.20. The Hall–Kier alpha value is 0.310. The molecule has 0 radical (unpaired) electrons. The van der Waals surface area contributed by atoms with Gasteiger partial charge >= 0.3 is 0 Å². The summed E-state index contributed by atoms with van der Waals surface area (Å²) < 4.78 is 0.482. The van der Waals surface area contributed by atoms with Crippen molar-refractivity contribution in [2.75, 3.05) is 12.3 Å². The Kier molecular flexibility index (Phi) is 3.26. The zero-order valence-electron chi connectivity index (χ0n) is 7.60. The zero-order chi connectivity index (χ0) is 8.32. The molecule has 0 aliphatic heterocycles. The van der Waals surface area contributed by atoms with Crippen molar-refractivity contribution in [2.45, 2.75) is 37.9 Å². The van der Waals surface area contributed by atoms with Gasteiger partial charge in [-0.15, -0.1) is 0 Å². The van der Waals surface area contributed by atoms with E-state index in [1.54, 1.807) is 0 Å². The number of thioether (sulfide) groups is 1. The van der Waals surface area contributed by atoms with Crippen molar-refractivity contribution >= 4 is 11.8 Å². The van der Waals surface area contributed by atoms with Crippen LogP contribution in [0.1, 0.15) is 33.1 Å². The van der Waals surface area contributed by atoms with E-state index in [4.69, 9.17) is 5.73 Å². The van der Waals surface area contributed by atoms with Gasteiger partial charge < -0.3 is 5.73 Å². The lowest BCUT2D eigenvalue weighted by Crippen LogP contribution is -2.46. The van der Waals surface area contributed by atoms with Crippen LogP contribution < -0.4 is 5.73 Å². The molecule has 0 spiro atoms. The second kappa shape index (κ2) is 3.81. The van der Waals surface area contributed by atoms with Crippen LogP contribution >= 0.6 is 11.8 Å². The average molecular weight is 173 g/mol. The van der Waals surface area contributed by atoms with Gasteiger partial charge in [0.25, 0.3) is 0 Å². The van der Waals surface area contributed by atoms with Gasteiger partial charge in [0.1, 0.15) is 0 Å². The molecular weight excluding hydrogens is 154 g/mol. The normalized spacial score (nSPS) is 36.8. The van der Waals surface area contributed by atoms with Crippen LogP contribution in [0.2, 0.25) is 0 Å². The molecule has 0 unspecified atom stereocenters. The van der Waals surface area contributed by atoms with Gasteiger partial charge in [-0.05, 0) is 30.9 Å². The van der Waals surface area contributed by atoms with Gasteiger partial charge in [-0.2, -0.15) is 11.8 Å². The first-order valence-electron chi connectivity index (χ1n) is 4.56. The Morgan fingerprint density at radius 2 is 2.18 bits per heavy atom. The van der Waals surface area contributed by atoms with E-state index in [-0.39, 0.29) is 0 Å². The van der Waals surface area contributed by atoms with E-state index in [2.05, 4.69) is 25.6 Å². The summed E-state index contributed by atoms with van der Waals surface area (Å²) >= 11 is 2.09. The summed E-state index contributed by atoms with van der Waals surface area (Å²) in [5.41, 5.74) is 5.75. The summed E-state index contributed by atoms with van der Waals surface area (Å²) in [4.78, 5) is 0. The molecule has 1 aliphatic rings. The van der Waals surface area contributed by atoms with E-state index < -0.39 is 0 Å². The Labute approximate surface area is 74.1 Å². The molecule has 1 fully saturated rings. The fourth-order valence-electron chi connectivity index (χ4n) is 1.87. The molecular formula is C9H19NS. The first-order valence-corrected chi connectivity index (χ1v) is 5.55. The van der Waals surface area contributed by atoms with Gasteiger partial charge in [-0.1, -0.05) is 13.8 Å². The van der Waals surface area contributed by atoms with Crippen LogP contribution in [0.3, 0.4) is 0 Å². The Morgan fingerprint density at radius 3 is 2.55 bits per heavy atom. The second-order valence-corrected chi connectivity index (χ2v) is 5.31. The smallest absolute Gasteiger partial charge is 0.0287 e. The summed E-state index contributed by atoms with van der Waals surface area (Å²) in [6.07, 6.45) is 3.96. The Balaban J connectivity index is 2.26. The maximum absolute atomic E-state index is 5.75. The molecule has 2 N–H and O–H groups in total. The fourth-order valence-corrected chi connectivity index (χ4v) is 3.43. The standard InChI is InChI=1S/C9H19NS/c1-3-4-11-9(7-10)5-8(2)6-9/h8H,3-7,10H2,1-2H3. The van der Waals surface area contributed by atoms with Crippen molar-refractivity contribution in [3.63, 3.8) is 0 Å². The molecule has 0 aromatic rings. The van der Waals surface area contributed by atoms with Gasteiger partial charge in [-0.25, -0.2) is 0 Å². The van der Waals surface area contributed by atoms with Crippen molar-refractivity contribution in [1.29, 1.82) is 0 Å². The summed E-state index contributed by atoms with van der Waals surface area (Å²) in [6.45, 7) is 5.43. The maximum Gasteiger partial charge on any atom is 0.0287 e. The minimum Gasteiger partial charge on any atom is -0.329 e. The lowest BCUT2D eigenvalue weighted by molar-refractivity contribution is 0.257. The lowest BCUT2D eigenvalue weighted by Gasteiger charge is -2.45. The molecule has 0 heterocycles. The number of hydrogen-bond acceptors (Lipinski definition) is 2. The van der Waals surface area contributed by atoms with E-state index in [9.17, 15) is 0 Å². The van der Waals surface area contributed by atoms with Crippen molar-refractivity contribution in [3.8, 4) is 0 Å². The zero-order valence-corrected chi connectivity index (χ0v) is 8.41. The van der Waals surface area contributed by atoms with Crippen LogP contribution in [0, 0.1) is 5.92 Å². The molecule has 1 saturated carbocycles. The molecule has 11 heavy (non-hydrogen) atoms. The molecule has 1 aliphatic carbocycles. The van der Waals surface area contributed by atoms with Crippen molar-refractivity contribution < 1.29 is 0 Å². The van der Waals surface area contributed by atoms with E-state index in [0.29, 0.717) is 4.75 Å². The minimum atomic E-state index is 0.482. The average Bonchev–Trinajstić information content (AvgIpc) is 1.96. The highest BCUT2D eigenvalue weighted by Gasteiger charge is 2.40. The quantitative estimate of drug-likeness (QED) is 0.705. The van der Waals surface area contributed by atoms with Gasteiger partial charge in [-0.3, -0.25) is 0 Å². The van der Waals surface area contributed by atoms with Crippen LogP contribution in [0.5, 0.6) is 0 Å². The number of hydrogen-bond donors (Lipinski definition) is 1. The number of nitrogens with two attached hydrogens (primary N) is 1. The summed E-state index contributed by atoms with van der Waals surface area (Å²) in [6, 6.07) is 0. The van der Waals surface area contributed by atoms with Crippen LogP contribution in [0.25, 0.3) is 0 Å². The van der Waals surface area contributed by atoms with Crippen LogP contribution in [0.4, 0.5) is 0 Å². The van der Waals surface area contributed by atoms with Crippen molar-refractivity contribution in [3.05, 3.63) is 0 Å².